The summed E-state index contributed by atoms with van der Waals surface area (Å²) in [5.41, 5.74) is 0.639. The Morgan fingerprint density at radius 3 is 2.96 bits per heavy atom. The van der Waals surface area contributed by atoms with Gasteiger partial charge in [-0.05, 0) is 31.0 Å². The van der Waals surface area contributed by atoms with E-state index in [0.717, 1.165) is 57.9 Å². The van der Waals surface area contributed by atoms with E-state index in [1.807, 2.05) is 18.2 Å². The van der Waals surface area contributed by atoms with E-state index in [2.05, 4.69) is 15.5 Å². The first-order chi connectivity index (χ1) is 11.8. The predicted octanol–water partition coefficient (Wildman–Crippen LogP) is 1.30. The molecular weight excluding hydrogens is 342 g/mol. The molecule has 2 heterocycles. The molecule has 0 radical (unpaired) electrons. The van der Waals surface area contributed by atoms with Crippen LogP contribution in [0.2, 0.25) is 0 Å². The second-order valence-electron chi connectivity index (χ2n) is 6.32. The number of nitrogens with zero attached hydrogens (tertiary/aromatic N) is 1. The molecule has 3 rings (SSSR count). The molecule has 140 valence electrons. The van der Waals surface area contributed by atoms with Gasteiger partial charge in [0.1, 0.15) is 12.4 Å². The van der Waals surface area contributed by atoms with Gasteiger partial charge in [-0.2, -0.15) is 0 Å². The molecule has 0 spiro atoms. The third-order valence-corrected chi connectivity index (χ3v) is 4.48. The van der Waals surface area contributed by atoms with Gasteiger partial charge >= 0.3 is 0 Å². The summed E-state index contributed by atoms with van der Waals surface area (Å²) in [7, 11) is 0. The summed E-state index contributed by atoms with van der Waals surface area (Å²) in [6.07, 6.45) is 2.33. The highest BCUT2D eigenvalue weighted by molar-refractivity contribution is 5.94. The summed E-state index contributed by atoms with van der Waals surface area (Å²) in [4.78, 5) is 14.6. The highest BCUT2D eigenvalue weighted by Crippen LogP contribution is 2.17. The average molecular weight is 370 g/mol. The first-order valence-electron chi connectivity index (χ1n) is 8.87. The third-order valence-electron chi connectivity index (χ3n) is 4.48. The molecular formula is C18H28ClN3O3. The zero-order valence-corrected chi connectivity index (χ0v) is 15.4. The first kappa shape index (κ1) is 20.0. The molecule has 1 aromatic rings. The van der Waals surface area contributed by atoms with Crippen molar-refractivity contribution in [1.29, 1.82) is 0 Å². The minimum atomic E-state index is -0.0484. The minimum absolute atomic E-state index is 0. The number of benzene rings is 1. The highest BCUT2D eigenvalue weighted by Gasteiger charge is 2.16. The fraction of sp³-hybridized carbons (Fsp3) is 0.611. The summed E-state index contributed by atoms with van der Waals surface area (Å²) in [6.45, 7) is 7.07. The molecule has 2 saturated heterocycles. The van der Waals surface area contributed by atoms with Gasteiger partial charge in [0, 0.05) is 51.4 Å². The summed E-state index contributed by atoms with van der Waals surface area (Å²) in [5.74, 6) is 0.674. The van der Waals surface area contributed by atoms with Crippen molar-refractivity contribution in [1.82, 2.24) is 15.5 Å². The number of carbonyl (C=O) groups excluding carboxylic acids is 1. The van der Waals surface area contributed by atoms with Crippen molar-refractivity contribution in [2.45, 2.75) is 18.9 Å². The van der Waals surface area contributed by atoms with E-state index in [0.29, 0.717) is 18.7 Å². The van der Waals surface area contributed by atoms with E-state index in [-0.39, 0.29) is 24.4 Å². The van der Waals surface area contributed by atoms with Crippen LogP contribution in [0, 0.1) is 0 Å². The Morgan fingerprint density at radius 2 is 2.20 bits per heavy atom. The van der Waals surface area contributed by atoms with Crippen molar-refractivity contribution < 1.29 is 14.3 Å². The van der Waals surface area contributed by atoms with Crippen molar-refractivity contribution in [2.75, 3.05) is 52.5 Å². The molecule has 0 saturated carbocycles. The van der Waals surface area contributed by atoms with Crippen LogP contribution in [-0.2, 0) is 4.74 Å². The van der Waals surface area contributed by atoms with Gasteiger partial charge in [0.05, 0.1) is 6.10 Å². The monoisotopic (exact) mass is 369 g/mol. The number of halogens is 1. The topological polar surface area (TPSA) is 62.8 Å². The lowest BCUT2D eigenvalue weighted by Crippen LogP contribution is -2.46. The Morgan fingerprint density at radius 1 is 1.36 bits per heavy atom. The second-order valence-corrected chi connectivity index (χ2v) is 6.32. The Hall–Kier alpha value is -1.34. The highest BCUT2D eigenvalue weighted by atomic mass is 35.5. The lowest BCUT2D eigenvalue weighted by molar-refractivity contribution is 0.0679. The maximum absolute atomic E-state index is 12.3. The molecule has 1 atom stereocenters. The molecule has 1 unspecified atom stereocenters. The standard InChI is InChI=1S/C18H27N3O3.ClH/c22-18(20-8-11-21-9-6-19-7-10-21)15-3-1-4-16(13-15)24-14-17-5-2-12-23-17;/h1,3-4,13,17,19H,2,5-12,14H2,(H,20,22);1H. The zero-order valence-electron chi connectivity index (χ0n) is 14.5. The molecule has 1 amide bonds. The normalized spacial score (nSPS) is 20.7. The number of rotatable bonds is 7. The van der Waals surface area contributed by atoms with Crippen molar-refractivity contribution in [3.05, 3.63) is 29.8 Å². The van der Waals surface area contributed by atoms with Crippen LogP contribution in [0.5, 0.6) is 5.75 Å². The van der Waals surface area contributed by atoms with Gasteiger partial charge in [-0.25, -0.2) is 0 Å². The maximum Gasteiger partial charge on any atom is 0.251 e. The molecule has 0 bridgehead atoms. The molecule has 7 heteroatoms. The van der Waals surface area contributed by atoms with Crippen LogP contribution >= 0.6 is 12.4 Å². The number of hydrogen-bond acceptors (Lipinski definition) is 5. The lowest BCUT2D eigenvalue weighted by atomic mass is 10.2. The van der Waals surface area contributed by atoms with Crippen LogP contribution in [0.15, 0.2) is 24.3 Å². The number of carbonyl (C=O) groups is 1. The Kier molecular flexibility index (Phi) is 8.48. The number of ether oxygens (including phenoxy) is 2. The number of piperazine rings is 1. The molecule has 2 fully saturated rings. The van der Waals surface area contributed by atoms with Crippen LogP contribution in [0.3, 0.4) is 0 Å². The Balaban J connectivity index is 0.00000225. The SMILES string of the molecule is Cl.O=C(NCCN1CCNCC1)c1cccc(OCC2CCCO2)c1. The van der Waals surface area contributed by atoms with Gasteiger partial charge in [0.2, 0.25) is 0 Å². The number of hydrogen-bond donors (Lipinski definition) is 2. The summed E-state index contributed by atoms with van der Waals surface area (Å²) >= 11 is 0. The molecule has 2 aliphatic heterocycles. The molecule has 0 aliphatic carbocycles. The number of nitrogens with one attached hydrogen (secondary N) is 2. The smallest absolute Gasteiger partial charge is 0.251 e. The van der Waals surface area contributed by atoms with Crippen molar-refractivity contribution in [3.8, 4) is 5.75 Å². The molecule has 6 nitrogen and oxygen atoms in total. The van der Waals surface area contributed by atoms with Gasteiger partial charge in [-0.15, -0.1) is 12.4 Å². The quantitative estimate of drug-likeness (QED) is 0.758. The van der Waals surface area contributed by atoms with E-state index in [9.17, 15) is 4.79 Å². The van der Waals surface area contributed by atoms with E-state index in [4.69, 9.17) is 9.47 Å². The second kappa shape index (κ2) is 10.6. The lowest BCUT2D eigenvalue weighted by Gasteiger charge is -2.27. The molecule has 2 N–H and O–H groups in total. The van der Waals surface area contributed by atoms with Gasteiger partial charge in [-0.3, -0.25) is 9.69 Å². The van der Waals surface area contributed by atoms with E-state index in [1.54, 1.807) is 6.07 Å². The van der Waals surface area contributed by atoms with Gasteiger partial charge < -0.3 is 20.1 Å². The summed E-state index contributed by atoms with van der Waals surface area (Å²) in [6, 6.07) is 7.36. The fourth-order valence-corrected chi connectivity index (χ4v) is 3.06. The van der Waals surface area contributed by atoms with E-state index in [1.165, 1.54) is 0 Å². The molecule has 2 aliphatic rings. The zero-order chi connectivity index (χ0) is 16.6. The maximum atomic E-state index is 12.3. The van der Waals surface area contributed by atoms with E-state index < -0.39 is 0 Å². The van der Waals surface area contributed by atoms with Crippen LogP contribution in [0.4, 0.5) is 0 Å². The van der Waals surface area contributed by atoms with Crippen LogP contribution < -0.4 is 15.4 Å². The first-order valence-corrected chi connectivity index (χ1v) is 8.87. The minimum Gasteiger partial charge on any atom is -0.491 e. The largest absolute Gasteiger partial charge is 0.491 e. The summed E-state index contributed by atoms with van der Waals surface area (Å²) in [5, 5.41) is 6.32. The van der Waals surface area contributed by atoms with Gasteiger partial charge in [-0.1, -0.05) is 6.07 Å². The average Bonchev–Trinajstić information content (AvgIpc) is 3.15. The molecule has 0 aromatic heterocycles. The Bertz CT molecular complexity index is 532. The van der Waals surface area contributed by atoms with Crippen LogP contribution in [0.1, 0.15) is 23.2 Å². The van der Waals surface area contributed by atoms with Gasteiger partial charge in [0.15, 0.2) is 0 Å². The number of amides is 1. The fourth-order valence-electron chi connectivity index (χ4n) is 3.06. The van der Waals surface area contributed by atoms with Crippen LogP contribution in [-0.4, -0.2) is 69.4 Å². The van der Waals surface area contributed by atoms with Crippen molar-refractivity contribution >= 4 is 18.3 Å². The van der Waals surface area contributed by atoms with Crippen molar-refractivity contribution in [2.24, 2.45) is 0 Å². The van der Waals surface area contributed by atoms with E-state index >= 15 is 0 Å². The van der Waals surface area contributed by atoms with Crippen LogP contribution in [0.25, 0.3) is 0 Å². The summed E-state index contributed by atoms with van der Waals surface area (Å²) < 4.78 is 11.3. The Labute approximate surface area is 155 Å². The van der Waals surface area contributed by atoms with Crippen molar-refractivity contribution in [3.63, 3.8) is 0 Å². The predicted molar refractivity (Wildman–Crippen MR) is 99.8 cm³/mol. The molecule has 1 aromatic carbocycles. The van der Waals surface area contributed by atoms with Gasteiger partial charge in [0.25, 0.3) is 5.91 Å². The third kappa shape index (κ3) is 6.47. The molecule has 25 heavy (non-hydrogen) atoms.